The van der Waals surface area contributed by atoms with E-state index in [1.54, 1.807) is 19.1 Å². The summed E-state index contributed by atoms with van der Waals surface area (Å²) in [4.78, 5) is 12.3. The lowest BCUT2D eigenvalue weighted by Crippen LogP contribution is -2.33. The van der Waals surface area contributed by atoms with Gasteiger partial charge in [-0.3, -0.25) is 0 Å². The van der Waals surface area contributed by atoms with Gasteiger partial charge in [0.2, 0.25) is 0 Å². The molecule has 1 spiro atoms. The maximum absolute atomic E-state index is 13.3. The highest BCUT2D eigenvalue weighted by Crippen LogP contribution is 2.64. The molecule has 4 heteroatoms. The van der Waals surface area contributed by atoms with E-state index in [1.807, 2.05) is 6.92 Å². The molecule has 108 valence electrons. The molecule has 2 unspecified atom stereocenters. The fraction of sp³-hybridized carbons (Fsp3) is 0.562. The van der Waals surface area contributed by atoms with Gasteiger partial charge in [0.15, 0.2) is 5.60 Å². The third-order valence-corrected chi connectivity index (χ3v) is 4.42. The summed E-state index contributed by atoms with van der Waals surface area (Å²) in [5, 5.41) is 0. The molecule has 0 bridgehead atoms. The summed E-state index contributed by atoms with van der Waals surface area (Å²) >= 11 is 0. The van der Waals surface area contributed by atoms with Crippen LogP contribution in [0.2, 0.25) is 0 Å². The number of carbonyl (C=O) groups excluding carboxylic acids is 1. The third-order valence-electron chi connectivity index (χ3n) is 4.42. The van der Waals surface area contributed by atoms with E-state index >= 15 is 0 Å². The molecule has 1 aliphatic heterocycles. The van der Waals surface area contributed by atoms with Crippen LogP contribution in [0.25, 0.3) is 0 Å². The summed E-state index contributed by atoms with van der Waals surface area (Å²) in [5.41, 5.74) is 0.465. The zero-order chi connectivity index (χ0) is 14.4. The molecule has 1 heterocycles. The average Bonchev–Trinajstić information content (AvgIpc) is 2.93. The second kappa shape index (κ2) is 4.55. The summed E-state index contributed by atoms with van der Waals surface area (Å²) in [6.07, 6.45) is 2.96. The Kier molecular flexibility index (Phi) is 3.09. The Morgan fingerprint density at radius 1 is 1.45 bits per heavy atom. The molecular weight excluding hydrogens is 259 g/mol. The lowest BCUT2D eigenvalue weighted by molar-refractivity contribution is -0.149. The highest BCUT2D eigenvalue weighted by atomic mass is 19.1. The van der Waals surface area contributed by atoms with E-state index in [-0.39, 0.29) is 11.8 Å². The van der Waals surface area contributed by atoms with E-state index < -0.39 is 11.2 Å². The minimum absolute atomic E-state index is 0.237. The molecule has 0 aromatic heterocycles. The molecule has 0 N–H and O–H groups in total. The SMILES string of the molecule is CCCC1(C(=O)OCC)OC12CCc1cc(F)ccc12. The van der Waals surface area contributed by atoms with Crippen molar-refractivity contribution in [3.63, 3.8) is 0 Å². The van der Waals surface area contributed by atoms with Crippen LogP contribution in [-0.2, 0) is 26.3 Å². The number of hydrogen-bond donors (Lipinski definition) is 0. The quantitative estimate of drug-likeness (QED) is 0.627. The van der Waals surface area contributed by atoms with Crippen LogP contribution in [0.1, 0.15) is 44.2 Å². The lowest BCUT2D eigenvalue weighted by atomic mass is 9.84. The zero-order valence-electron chi connectivity index (χ0n) is 11.9. The van der Waals surface area contributed by atoms with Crippen LogP contribution in [-0.4, -0.2) is 18.2 Å². The van der Waals surface area contributed by atoms with Crippen LogP contribution in [0, 0.1) is 5.82 Å². The van der Waals surface area contributed by atoms with Crippen LogP contribution in [0.5, 0.6) is 0 Å². The first-order valence-electron chi connectivity index (χ1n) is 7.26. The molecule has 1 saturated heterocycles. The lowest BCUT2D eigenvalue weighted by Gasteiger charge is -2.15. The van der Waals surface area contributed by atoms with Gasteiger partial charge in [-0.2, -0.15) is 0 Å². The topological polar surface area (TPSA) is 38.8 Å². The average molecular weight is 278 g/mol. The van der Waals surface area contributed by atoms with Gasteiger partial charge < -0.3 is 9.47 Å². The number of epoxide rings is 1. The summed E-state index contributed by atoms with van der Waals surface area (Å²) in [7, 11) is 0. The smallest absolute Gasteiger partial charge is 0.341 e. The predicted molar refractivity (Wildman–Crippen MR) is 71.8 cm³/mol. The van der Waals surface area contributed by atoms with Crippen molar-refractivity contribution < 1.29 is 18.7 Å². The highest BCUT2D eigenvalue weighted by Gasteiger charge is 2.76. The Labute approximate surface area is 118 Å². The molecule has 3 rings (SSSR count). The van der Waals surface area contributed by atoms with Gasteiger partial charge in [-0.25, -0.2) is 9.18 Å². The maximum atomic E-state index is 13.3. The number of rotatable bonds is 4. The fourth-order valence-electron chi connectivity index (χ4n) is 3.57. The summed E-state index contributed by atoms with van der Waals surface area (Å²) in [5.74, 6) is -0.516. The van der Waals surface area contributed by atoms with E-state index in [9.17, 15) is 9.18 Å². The van der Waals surface area contributed by atoms with Crippen LogP contribution in [0.3, 0.4) is 0 Å². The number of benzene rings is 1. The van der Waals surface area contributed by atoms with Crippen molar-refractivity contribution in [3.8, 4) is 0 Å². The van der Waals surface area contributed by atoms with E-state index in [0.29, 0.717) is 13.0 Å². The van der Waals surface area contributed by atoms with Gasteiger partial charge in [0.05, 0.1) is 6.61 Å². The van der Waals surface area contributed by atoms with Gasteiger partial charge in [0.1, 0.15) is 11.4 Å². The van der Waals surface area contributed by atoms with E-state index in [1.165, 1.54) is 6.07 Å². The van der Waals surface area contributed by atoms with Gasteiger partial charge in [0, 0.05) is 0 Å². The predicted octanol–water partition coefficient (Wildman–Crippen LogP) is 3.10. The van der Waals surface area contributed by atoms with Crippen LogP contribution >= 0.6 is 0 Å². The van der Waals surface area contributed by atoms with Gasteiger partial charge in [-0.15, -0.1) is 0 Å². The third kappa shape index (κ3) is 1.64. The van der Waals surface area contributed by atoms with Crippen LogP contribution < -0.4 is 0 Å². The van der Waals surface area contributed by atoms with Crippen molar-refractivity contribution in [2.24, 2.45) is 0 Å². The normalized spacial score (nSPS) is 30.4. The first-order chi connectivity index (χ1) is 9.59. The van der Waals surface area contributed by atoms with Crippen molar-refractivity contribution in [2.45, 2.75) is 50.7 Å². The molecule has 3 nitrogen and oxygen atoms in total. The summed E-state index contributed by atoms with van der Waals surface area (Å²) < 4.78 is 24.5. The Morgan fingerprint density at radius 3 is 2.95 bits per heavy atom. The van der Waals surface area contributed by atoms with Gasteiger partial charge in [0.25, 0.3) is 0 Å². The Morgan fingerprint density at radius 2 is 2.25 bits per heavy atom. The van der Waals surface area contributed by atoms with E-state index in [2.05, 4.69) is 0 Å². The fourth-order valence-corrected chi connectivity index (χ4v) is 3.57. The molecule has 2 atom stereocenters. The van der Waals surface area contributed by atoms with Gasteiger partial charge >= 0.3 is 5.97 Å². The summed E-state index contributed by atoms with van der Waals surface area (Å²) in [6.45, 7) is 4.17. The van der Waals surface area contributed by atoms with Crippen molar-refractivity contribution >= 4 is 5.97 Å². The molecule has 1 aliphatic carbocycles. The van der Waals surface area contributed by atoms with Crippen molar-refractivity contribution in [1.82, 2.24) is 0 Å². The van der Waals surface area contributed by atoms with E-state index in [0.717, 1.165) is 30.4 Å². The molecule has 20 heavy (non-hydrogen) atoms. The number of aryl methyl sites for hydroxylation is 1. The monoisotopic (exact) mass is 278 g/mol. The number of hydrogen-bond acceptors (Lipinski definition) is 3. The van der Waals surface area contributed by atoms with Gasteiger partial charge in [-0.05, 0) is 49.4 Å². The maximum Gasteiger partial charge on any atom is 0.341 e. The first kappa shape index (κ1) is 13.6. The Hall–Kier alpha value is -1.42. The molecule has 2 aliphatic rings. The Bertz CT molecular complexity index is 557. The number of fused-ring (bicyclic) bond motifs is 2. The van der Waals surface area contributed by atoms with Gasteiger partial charge in [-0.1, -0.05) is 19.4 Å². The minimum Gasteiger partial charge on any atom is -0.464 e. The van der Waals surface area contributed by atoms with Crippen LogP contribution in [0.15, 0.2) is 18.2 Å². The number of esters is 1. The molecule has 1 aromatic carbocycles. The minimum atomic E-state index is -0.860. The second-order valence-corrected chi connectivity index (χ2v) is 5.53. The first-order valence-corrected chi connectivity index (χ1v) is 7.26. The number of ether oxygens (including phenoxy) is 2. The number of carbonyl (C=O) groups is 1. The molecule has 1 fully saturated rings. The van der Waals surface area contributed by atoms with Crippen molar-refractivity contribution in [2.75, 3.05) is 6.61 Å². The number of halogens is 1. The molecule has 1 aromatic rings. The molecule has 0 amide bonds. The summed E-state index contributed by atoms with van der Waals surface area (Å²) in [6, 6.07) is 4.75. The van der Waals surface area contributed by atoms with Crippen LogP contribution in [0.4, 0.5) is 4.39 Å². The van der Waals surface area contributed by atoms with Crippen molar-refractivity contribution in [1.29, 1.82) is 0 Å². The largest absolute Gasteiger partial charge is 0.464 e. The van der Waals surface area contributed by atoms with E-state index in [4.69, 9.17) is 9.47 Å². The Balaban J connectivity index is 1.98. The molecule has 0 radical (unpaired) electrons. The van der Waals surface area contributed by atoms with Crippen molar-refractivity contribution in [3.05, 3.63) is 35.1 Å². The molecule has 0 saturated carbocycles. The standard InChI is InChI=1S/C16H19FO3/c1-3-8-16(14(18)19-4-2)15(20-16)9-7-11-10-12(17)5-6-13(11)15/h5-6,10H,3-4,7-9H2,1-2H3. The molecular formula is C16H19FO3. The highest BCUT2D eigenvalue weighted by molar-refractivity contribution is 5.86. The zero-order valence-corrected chi connectivity index (χ0v) is 11.9. The second-order valence-electron chi connectivity index (χ2n) is 5.53.